The lowest BCUT2D eigenvalue weighted by molar-refractivity contribution is -0.118. The third kappa shape index (κ3) is 7.62. The van der Waals surface area contributed by atoms with Gasteiger partial charge in [-0.25, -0.2) is 23.2 Å². The molecular weight excluding hydrogens is 472 g/mol. The summed E-state index contributed by atoms with van der Waals surface area (Å²) in [6.45, 7) is 5.13. The molecule has 2 N–H and O–H groups in total. The van der Waals surface area contributed by atoms with Crippen molar-refractivity contribution in [2.45, 2.75) is 25.6 Å². The third-order valence-corrected chi connectivity index (χ3v) is 6.94. The molecule has 190 valence electrons. The van der Waals surface area contributed by atoms with Crippen molar-refractivity contribution in [3.63, 3.8) is 0 Å². The fraction of sp³-hybridized carbons (Fsp3) is 0.478. The van der Waals surface area contributed by atoms with Crippen LogP contribution in [0.3, 0.4) is 0 Å². The fourth-order valence-electron chi connectivity index (χ4n) is 3.52. The maximum absolute atomic E-state index is 12.7. The molecule has 0 bridgehead atoms. The number of ether oxygens (including phenoxy) is 1. The van der Waals surface area contributed by atoms with Gasteiger partial charge in [0.25, 0.3) is 0 Å². The van der Waals surface area contributed by atoms with Crippen LogP contribution in [-0.2, 0) is 25.1 Å². The highest BCUT2D eigenvalue weighted by atomic mass is 32.2. The van der Waals surface area contributed by atoms with Crippen LogP contribution in [0, 0.1) is 0 Å². The van der Waals surface area contributed by atoms with E-state index in [-0.39, 0.29) is 36.0 Å². The van der Waals surface area contributed by atoms with Gasteiger partial charge in [-0.2, -0.15) is 0 Å². The van der Waals surface area contributed by atoms with Gasteiger partial charge in [-0.3, -0.25) is 4.79 Å². The molecule has 1 aliphatic heterocycles. The highest BCUT2D eigenvalue weighted by molar-refractivity contribution is 7.90. The molecule has 1 atom stereocenters. The van der Waals surface area contributed by atoms with Crippen LogP contribution in [0.15, 0.2) is 30.3 Å². The molecule has 0 radical (unpaired) electrons. The highest BCUT2D eigenvalue weighted by Crippen LogP contribution is 2.25. The van der Waals surface area contributed by atoms with E-state index < -0.39 is 9.84 Å². The minimum absolute atomic E-state index is 0.0447. The van der Waals surface area contributed by atoms with E-state index in [2.05, 4.69) is 20.5 Å². The molecular formula is C23H32N6O5S. The van der Waals surface area contributed by atoms with E-state index in [1.54, 1.807) is 44.4 Å². The molecule has 12 heteroatoms. The van der Waals surface area contributed by atoms with Crippen LogP contribution in [-0.4, -0.2) is 87.4 Å². The third-order valence-electron chi connectivity index (χ3n) is 5.38. The highest BCUT2D eigenvalue weighted by Gasteiger charge is 2.23. The Morgan fingerprint density at radius 2 is 1.91 bits per heavy atom. The van der Waals surface area contributed by atoms with Crippen molar-refractivity contribution in [2.24, 2.45) is 0 Å². The van der Waals surface area contributed by atoms with E-state index in [0.29, 0.717) is 48.3 Å². The SMILES string of the molecule is CC(=O)NCCS(=O)(=O)Cc1cc(N2CCOC[C@@H]2C)nc(-c2ccc(NC(=O)N(C)C)cc2)n1. The Bertz CT molecular complexity index is 1150. The number of carbonyl (C=O) groups excluding carboxylic acids is 2. The molecule has 3 rings (SSSR count). The number of sulfone groups is 1. The number of hydrogen-bond donors (Lipinski definition) is 2. The van der Waals surface area contributed by atoms with Crippen molar-refractivity contribution >= 4 is 33.3 Å². The van der Waals surface area contributed by atoms with Crippen LogP contribution in [0.5, 0.6) is 0 Å². The summed E-state index contributed by atoms with van der Waals surface area (Å²) in [5.41, 5.74) is 1.68. The summed E-state index contributed by atoms with van der Waals surface area (Å²) >= 11 is 0. The van der Waals surface area contributed by atoms with Gasteiger partial charge in [-0.05, 0) is 31.2 Å². The molecule has 2 heterocycles. The first-order chi connectivity index (χ1) is 16.5. The van der Waals surface area contributed by atoms with E-state index in [4.69, 9.17) is 9.72 Å². The zero-order valence-corrected chi connectivity index (χ0v) is 21.3. The van der Waals surface area contributed by atoms with Gasteiger partial charge in [-0.15, -0.1) is 0 Å². The van der Waals surface area contributed by atoms with Crippen molar-refractivity contribution in [1.82, 2.24) is 20.2 Å². The maximum Gasteiger partial charge on any atom is 0.321 e. The molecule has 2 aromatic rings. The topological polar surface area (TPSA) is 134 Å². The number of aromatic nitrogens is 2. The summed E-state index contributed by atoms with van der Waals surface area (Å²) in [5, 5.41) is 5.29. The first kappa shape index (κ1) is 26.4. The van der Waals surface area contributed by atoms with Gasteiger partial charge in [0.05, 0.1) is 36.5 Å². The van der Waals surface area contributed by atoms with Crippen LogP contribution in [0.2, 0.25) is 0 Å². The number of anilines is 2. The van der Waals surface area contributed by atoms with Crippen molar-refractivity contribution in [1.29, 1.82) is 0 Å². The predicted octanol–water partition coefficient (Wildman–Crippen LogP) is 1.51. The molecule has 0 aliphatic carbocycles. The van der Waals surface area contributed by atoms with Gasteiger partial charge in [0.1, 0.15) is 5.82 Å². The first-order valence-electron chi connectivity index (χ1n) is 11.3. The minimum atomic E-state index is -3.52. The molecule has 1 aliphatic rings. The Hall–Kier alpha value is -3.25. The van der Waals surface area contributed by atoms with E-state index in [1.807, 2.05) is 6.92 Å². The summed E-state index contributed by atoms with van der Waals surface area (Å²) in [7, 11) is -0.211. The smallest absolute Gasteiger partial charge is 0.321 e. The first-order valence-corrected chi connectivity index (χ1v) is 13.1. The molecule has 1 saturated heterocycles. The summed E-state index contributed by atoms with van der Waals surface area (Å²) in [5.74, 6) is 0.278. The average molecular weight is 505 g/mol. The number of morpholine rings is 1. The van der Waals surface area contributed by atoms with E-state index in [9.17, 15) is 18.0 Å². The van der Waals surface area contributed by atoms with Gasteiger partial charge < -0.3 is 25.2 Å². The minimum Gasteiger partial charge on any atom is -0.377 e. The second-order valence-corrected chi connectivity index (χ2v) is 10.8. The predicted molar refractivity (Wildman–Crippen MR) is 134 cm³/mol. The van der Waals surface area contributed by atoms with Gasteiger partial charge in [-0.1, -0.05) is 0 Å². The van der Waals surface area contributed by atoms with Crippen molar-refractivity contribution in [3.8, 4) is 11.4 Å². The number of benzene rings is 1. The molecule has 1 aromatic carbocycles. The lowest BCUT2D eigenvalue weighted by Crippen LogP contribution is -2.44. The summed E-state index contributed by atoms with van der Waals surface area (Å²) in [4.78, 5) is 35.8. The zero-order chi connectivity index (χ0) is 25.6. The lowest BCUT2D eigenvalue weighted by atomic mass is 10.2. The van der Waals surface area contributed by atoms with E-state index in [0.717, 1.165) is 0 Å². The van der Waals surface area contributed by atoms with Gasteiger partial charge in [0.15, 0.2) is 15.7 Å². The summed E-state index contributed by atoms with van der Waals surface area (Å²) in [6, 6.07) is 8.57. The number of hydrogen-bond acceptors (Lipinski definition) is 8. The van der Waals surface area contributed by atoms with Crippen molar-refractivity contribution in [2.75, 3.05) is 56.4 Å². The number of nitrogens with one attached hydrogen (secondary N) is 2. The Morgan fingerprint density at radius 1 is 1.20 bits per heavy atom. The number of urea groups is 1. The molecule has 3 amide bonds. The number of amides is 3. The van der Waals surface area contributed by atoms with E-state index in [1.165, 1.54) is 11.8 Å². The van der Waals surface area contributed by atoms with Crippen LogP contribution < -0.4 is 15.5 Å². The Kier molecular flexibility index (Phi) is 8.62. The molecule has 11 nitrogen and oxygen atoms in total. The molecule has 0 saturated carbocycles. The average Bonchev–Trinajstić information content (AvgIpc) is 2.78. The van der Waals surface area contributed by atoms with Crippen molar-refractivity contribution in [3.05, 3.63) is 36.0 Å². The maximum atomic E-state index is 12.7. The fourth-order valence-corrected chi connectivity index (χ4v) is 4.67. The largest absolute Gasteiger partial charge is 0.377 e. The standard InChI is InChI=1S/C23H32N6O5S/c1-16-14-34-11-10-29(16)21-13-20(15-35(32,33)12-9-24-17(2)30)25-22(27-21)18-5-7-19(8-6-18)26-23(31)28(3)4/h5-8,13,16H,9-12,14-15H2,1-4H3,(H,24,30)(H,26,31)/t16-/m0/s1. The number of nitrogens with zero attached hydrogens (tertiary/aromatic N) is 4. The van der Waals surface area contributed by atoms with Gasteiger partial charge in [0, 0.05) is 51.4 Å². The molecule has 0 spiro atoms. The van der Waals surface area contributed by atoms with Crippen LogP contribution in [0.4, 0.5) is 16.3 Å². The van der Waals surface area contributed by atoms with Gasteiger partial charge >= 0.3 is 6.03 Å². The zero-order valence-electron chi connectivity index (χ0n) is 20.4. The number of carbonyl (C=O) groups is 2. The van der Waals surface area contributed by atoms with Crippen LogP contribution >= 0.6 is 0 Å². The van der Waals surface area contributed by atoms with E-state index >= 15 is 0 Å². The van der Waals surface area contributed by atoms with Gasteiger partial charge in [0.2, 0.25) is 5.91 Å². The Balaban J connectivity index is 1.91. The number of rotatable bonds is 8. The van der Waals surface area contributed by atoms with Crippen molar-refractivity contribution < 1.29 is 22.7 Å². The molecule has 1 fully saturated rings. The molecule has 35 heavy (non-hydrogen) atoms. The summed E-state index contributed by atoms with van der Waals surface area (Å²) in [6.07, 6.45) is 0. The Morgan fingerprint density at radius 3 is 2.54 bits per heavy atom. The monoisotopic (exact) mass is 504 g/mol. The van der Waals surface area contributed by atoms with Crippen LogP contribution in [0.25, 0.3) is 11.4 Å². The second kappa shape index (κ2) is 11.5. The molecule has 1 aromatic heterocycles. The second-order valence-electron chi connectivity index (χ2n) is 8.64. The van der Waals surface area contributed by atoms with Crippen LogP contribution in [0.1, 0.15) is 19.5 Å². The molecule has 0 unspecified atom stereocenters. The Labute approximate surface area is 205 Å². The lowest BCUT2D eigenvalue weighted by Gasteiger charge is -2.34. The summed E-state index contributed by atoms with van der Waals surface area (Å²) < 4.78 is 30.9. The quantitative estimate of drug-likeness (QED) is 0.553. The normalized spacial score (nSPS) is 16.0.